The third-order valence-electron chi connectivity index (χ3n) is 3.60. The van der Waals surface area contributed by atoms with Crippen LogP contribution in [0.4, 0.5) is 0 Å². The van der Waals surface area contributed by atoms with E-state index in [1.807, 2.05) is 19.9 Å². The zero-order valence-electron chi connectivity index (χ0n) is 12.8. The molecule has 3 N–H and O–H groups in total. The Hall–Kier alpha value is -1.55. The molecule has 20 heavy (non-hydrogen) atoms. The van der Waals surface area contributed by atoms with Crippen LogP contribution in [0, 0.1) is 20.8 Å². The van der Waals surface area contributed by atoms with Crippen LogP contribution in [-0.4, -0.2) is 23.2 Å². The molecule has 1 atom stereocenters. The van der Waals surface area contributed by atoms with Gasteiger partial charge >= 0.3 is 5.97 Å². The number of aryl methyl sites for hydroxylation is 2. The molecule has 1 rings (SSSR count). The first kappa shape index (κ1) is 16.5. The van der Waals surface area contributed by atoms with Crippen molar-refractivity contribution in [2.45, 2.75) is 52.5 Å². The Balaban J connectivity index is 2.41. The van der Waals surface area contributed by atoms with Gasteiger partial charge in [-0.3, -0.25) is 4.79 Å². The number of hydrogen-bond acceptors (Lipinski definition) is 3. The van der Waals surface area contributed by atoms with Gasteiger partial charge in [0.25, 0.3) is 0 Å². The average molecular weight is 279 g/mol. The number of nitrogens with two attached hydrogens (primary N) is 1. The summed E-state index contributed by atoms with van der Waals surface area (Å²) in [4.78, 5) is 10.9. The van der Waals surface area contributed by atoms with Gasteiger partial charge in [-0.25, -0.2) is 0 Å². The molecule has 0 radical (unpaired) electrons. The number of aliphatic carboxylic acids is 1. The van der Waals surface area contributed by atoms with Gasteiger partial charge in [-0.05, 0) is 69.7 Å². The molecule has 0 aliphatic carbocycles. The van der Waals surface area contributed by atoms with Crippen LogP contribution in [0.15, 0.2) is 12.1 Å². The average Bonchev–Trinajstić information content (AvgIpc) is 2.34. The zero-order chi connectivity index (χ0) is 15.3. The first-order valence-electron chi connectivity index (χ1n) is 6.97. The van der Waals surface area contributed by atoms with E-state index in [1.165, 1.54) is 11.1 Å². The van der Waals surface area contributed by atoms with E-state index < -0.39 is 11.5 Å². The predicted molar refractivity (Wildman–Crippen MR) is 80.2 cm³/mol. The van der Waals surface area contributed by atoms with Crippen molar-refractivity contribution in [1.82, 2.24) is 0 Å². The van der Waals surface area contributed by atoms with E-state index in [0.29, 0.717) is 13.0 Å². The molecule has 0 aromatic heterocycles. The maximum Gasteiger partial charge on any atom is 0.323 e. The first-order chi connectivity index (χ1) is 9.24. The van der Waals surface area contributed by atoms with Crippen LogP contribution in [0.2, 0.25) is 0 Å². The van der Waals surface area contributed by atoms with Crippen LogP contribution in [0.1, 0.15) is 42.9 Å². The lowest BCUT2D eigenvalue weighted by molar-refractivity contribution is -0.142. The van der Waals surface area contributed by atoms with Crippen molar-refractivity contribution in [3.63, 3.8) is 0 Å². The number of rotatable bonds is 7. The van der Waals surface area contributed by atoms with Crippen LogP contribution in [0.5, 0.6) is 5.75 Å². The van der Waals surface area contributed by atoms with Gasteiger partial charge in [0, 0.05) is 0 Å². The number of unbranched alkanes of at least 4 members (excludes halogenated alkanes) is 1. The molecule has 4 heteroatoms. The van der Waals surface area contributed by atoms with E-state index in [-0.39, 0.29) is 0 Å². The van der Waals surface area contributed by atoms with E-state index in [9.17, 15) is 4.79 Å². The van der Waals surface area contributed by atoms with E-state index in [1.54, 1.807) is 6.92 Å². The molecule has 0 spiro atoms. The normalized spacial score (nSPS) is 13.8. The van der Waals surface area contributed by atoms with E-state index in [0.717, 1.165) is 24.2 Å². The van der Waals surface area contributed by atoms with E-state index in [4.69, 9.17) is 15.6 Å². The van der Waals surface area contributed by atoms with E-state index in [2.05, 4.69) is 13.0 Å². The van der Waals surface area contributed by atoms with Crippen molar-refractivity contribution in [1.29, 1.82) is 0 Å². The number of ether oxygens (including phenoxy) is 1. The summed E-state index contributed by atoms with van der Waals surface area (Å²) in [5, 5.41) is 8.92. The molecule has 0 heterocycles. The molecule has 112 valence electrons. The number of carboxylic acid groups (broad SMARTS) is 1. The fourth-order valence-electron chi connectivity index (χ4n) is 2.03. The van der Waals surface area contributed by atoms with Crippen molar-refractivity contribution in [2.24, 2.45) is 5.73 Å². The summed E-state index contributed by atoms with van der Waals surface area (Å²) in [7, 11) is 0. The van der Waals surface area contributed by atoms with E-state index >= 15 is 0 Å². The molecule has 1 unspecified atom stereocenters. The smallest absolute Gasteiger partial charge is 0.323 e. The molecular formula is C16H25NO3. The van der Waals surface area contributed by atoms with Gasteiger partial charge in [0.05, 0.1) is 6.61 Å². The Kier molecular flexibility index (Phi) is 5.57. The summed E-state index contributed by atoms with van der Waals surface area (Å²) < 4.78 is 5.79. The Morgan fingerprint density at radius 3 is 2.55 bits per heavy atom. The van der Waals surface area contributed by atoms with Crippen LogP contribution >= 0.6 is 0 Å². The molecule has 1 aromatic rings. The standard InChI is InChI=1S/C16H25NO3/c1-11-9-12(2)13(3)14(10-11)20-8-6-5-7-16(4,17)15(18)19/h9-10H,5-8,17H2,1-4H3,(H,18,19). The maximum atomic E-state index is 10.9. The molecule has 0 fully saturated rings. The fraction of sp³-hybridized carbons (Fsp3) is 0.562. The van der Waals surface area contributed by atoms with Gasteiger partial charge in [0.2, 0.25) is 0 Å². The van der Waals surface area contributed by atoms with Gasteiger partial charge in [0.15, 0.2) is 0 Å². The predicted octanol–water partition coefficient (Wildman–Crippen LogP) is 2.96. The molecular weight excluding hydrogens is 254 g/mol. The Bertz CT molecular complexity index is 481. The second kappa shape index (κ2) is 6.75. The molecule has 1 aromatic carbocycles. The summed E-state index contributed by atoms with van der Waals surface area (Å²) in [6.07, 6.45) is 1.99. The summed E-state index contributed by atoms with van der Waals surface area (Å²) in [5.74, 6) is -0.0418. The SMILES string of the molecule is Cc1cc(C)c(C)c(OCCCCC(C)(N)C(=O)O)c1. The van der Waals surface area contributed by atoms with Crippen LogP contribution in [0.25, 0.3) is 0 Å². The third-order valence-corrected chi connectivity index (χ3v) is 3.60. The lowest BCUT2D eigenvalue weighted by atomic mass is 9.96. The van der Waals surface area contributed by atoms with Gasteiger partial charge < -0.3 is 15.6 Å². The highest BCUT2D eigenvalue weighted by Crippen LogP contribution is 2.23. The van der Waals surface area contributed by atoms with Crippen molar-refractivity contribution in [2.75, 3.05) is 6.61 Å². The molecule has 4 nitrogen and oxygen atoms in total. The largest absolute Gasteiger partial charge is 0.493 e. The molecule has 0 saturated carbocycles. The topological polar surface area (TPSA) is 72.5 Å². The lowest BCUT2D eigenvalue weighted by Gasteiger charge is -2.18. The maximum absolute atomic E-state index is 10.9. The number of carboxylic acids is 1. The van der Waals surface area contributed by atoms with Crippen LogP contribution in [-0.2, 0) is 4.79 Å². The van der Waals surface area contributed by atoms with Crippen molar-refractivity contribution in [3.8, 4) is 5.75 Å². The highest BCUT2D eigenvalue weighted by molar-refractivity contribution is 5.77. The number of carbonyl (C=O) groups is 1. The fourth-order valence-corrected chi connectivity index (χ4v) is 2.03. The number of hydrogen-bond donors (Lipinski definition) is 2. The quantitative estimate of drug-likeness (QED) is 0.753. The van der Waals surface area contributed by atoms with Gasteiger partial charge in [0.1, 0.15) is 11.3 Å². The highest BCUT2D eigenvalue weighted by Gasteiger charge is 2.26. The summed E-state index contributed by atoms with van der Waals surface area (Å²) in [6, 6.07) is 4.17. The second-order valence-corrected chi connectivity index (χ2v) is 5.73. The van der Waals surface area contributed by atoms with Crippen molar-refractivity contribution < 1.29 is 14.6 Å². The van der Waals surface area contributed by atoms with Gasteiger partial charge in [-0.15, -0.1) is 0 Å². The third kappa shape index (κ3) is 4.53. The molecule has 0 saturated heterocycles. The summed E-state index contributed by atoms with van der Waals surface area (Å²) >= 11 is 0. The van der Waals surface area contributed by atoms with Crippen LogP contribution in [0.3, 0.4) is 0 Å². The molecule has 0 amide bonds. The molecule has 0 bridgehead atoms. The van der Waals surface area contributed by atoms with Crippen LogP contribution < -0.4 is 10.5 Å². The second-order valence-electron chi connectivity index (χ2n) is 5.73. The number of benzene rings is 1. The summed E-state index contributed by atoms with van der Waals surface area (Å²) in [5.41, 5.74) is 8.10. The highest BCUT2D eigenvalue weighted by atomic mass is 16.5. The Morgan fingerprint density at radius 2 is 1.95 bits per heavy atom. The van der Waals surface area contributed by atoms with Gasteiger partial charge in [-0.2, -0.15) is 0 Å². The first-order valence-corrected chi connectivity index (χ1v) is 6.97. The van der Waals surface area contributed by atoms with Gasteiger partial charge in [-0.1, -0.05) is 6.07 Å². The minimum absolute atomic E-state index is 0.456. The molecule has 0 aliphatic rings. The Morgan fingerprint density at radius 1 is 1.30 bits per heavy atom. The Labute approximate surface area is 120 Å². The zero-order valence-corrected chi connectivity index (χ0v) is 12.8. The minimum Gasteiger partial charge on any atom is -0.493 e. The summed E-state index contributed by atoms with van der Waals surface area (Å²) in [6.45, 7) is 8.29. The monoisotopic (exact) mass is 279 g/mol. The minimum atomic E-state index is -1.14. The molecule has 0 aliphatic heterocycles. The van der Waals surface area contributed by atoms with Crippen molar-refractivity contribution in [3.05, 3.63) is 28.8 Å². The lowest BCUT2D eigenvalue weighted by Crippen LogP contribution is -2.44. The van der Waals surface area contributed by atoms with Crippen molar-refractivity contribution >= 4 is 5.97 Å².